The molecule has 2 aromatic carbocycles. The van der Waals surface area contributed by atoms with Crippen molar-refractivity contribution in [3.63, 3.8) is 0 Å². The zero-order valence-electron chi connectivity index (χ0n) is 16.8. The number of hydrogen-bond donors (Lipinski definition) is 1. The highest BCUT2D eigenvalue weighted by Gasteiger charge is 2.46. The molecule has 0 radical (unpaired) electrons. The Morgan fingerprint density at radius 1 is 1.07 bits per heavy atom. The molecule has 0 bridgehead atoms. The number of amides is 1. The van der Waals surface area contributed by atoms with Gasteiger partial charge in [0.2, 0.25) is 0 Å². The maximum absolute atomic E-state index is 13.0. The number of likely N-dealkylation sites (tertiary alicyclic amines) is 1. The molecule has 1 aliphatic rings. The van der Waals surface area contributed by atoms with E-state index in [4.69, 9.17) is 27.9 Å². The van der Waals surface area contributed by atoms with Gasteiger partial charge in [0.1, 0.15) is 11.5 Å². The monoisotopic (exact) mass is 447 g/mol. The largest absolute Gasteiger partial charge is 0.507 e. The second-order valence-corrected chi connectivity index (χ2v) is 7.97. The minimum atomic E-state index is -0.731. The van der Waals surface area contributed by atoms with Crippen molar-refractivity contribution in [3.05, 3.63) is 69.2 Å². The summed E-state index contributed by atoms with van der Waals surface area (Å²) in [7, 11) is 1.46. The molecular weight excluding hydrogens is 425 g/mol. The van der Waals surface area contributed by atoms with Crippen LogP contribution in [0.5, 0.6) is 5.75 Å². The molecule has 30 heavy (non-hydrogen) atoms. The molecule has 5 nitrogen and oxygen atoms in total. The van der Waals surface area contributed by atoms with Crippen molar-refractivity contribution in [2.75, 3.05) is 13.7 Å². The molecular formula is C23H23Cl2NO4. The molecule has 3 rings (SSSR count). The number of aliphatic hydroxyl groups excluding tert-OH is 1. The minimum absolute atomic E-state index is 0.0133. The van der Waals surface area contributed by atoms with Crippen LogP contribution in [0.4, 0.5) is 0 Å². The lowest BCUT2D eigenvalue weighted by Crippen LogP contribution is -2.30. The van der Waals surface area contributed by atoms with E-state index < -0.39 is 17.7 Å². The number of hydrogen-bond acceptors (Lipinski definition) is 4. The highest BCUT2D eigenvalue weighted by Crippen LogP contribution is 2.41. The molecule has 158 valence electrons. The fraction of sp³-hybridized carbons (Fsp3) is 0.304. The Kier molecular flexibility index (Phi) is 7.06. The van der Waals surface area contributed by atoms with E-state index in [0.29, 0.717) is 27.9 Å². The topological polar surface area (TPSA) is 66.8 Å². The van der Waals surface area contributed by atoms with Crippen LogP contribution in [0.1, 0.15) is 43.4 Å². The molecule has 0 aliphatic carbocycles. The smallest absolute Gasteiger partial charge is 0.295 e. The highest BCUT2D eigenvalue weighted by atomic mass is 35.5. The molecule has 7 heteroatoms. The summed E-state index contributed by atoms with van der Waals surface area (Å²) in [6, 6.07) is 10.9. The molecule has 1 saturated heterocycles. The summed E-state index contributed by atoms with van der Waals surface area (Å²) in [5.41, 5.74) is 0.965. The average Bonchev–Trinajstić information content (AvgIpc) is 2.99. The summed E-state index contributed by atoms with van der Waals surface area (Å²) in [5, 5.41) is 12.0. The van der Waals surface area contributed by atoms with Crippen LogP contribution in [0.3, 0.4) is 0 Å². The number of ketones is 1. The third-order valence-corrected chi connectivity index (χ3v) is 5.63. The van der Waals surface area contributed by atoms with Crippen molar-refractivity contribution < 1.29 is 19.4 Å². The lowest BCUT2D eigenvalue weighted by atomic mass is 9.95. The molecule has 1 fully saturated rings. The Labute approximate surface area is 185 Å². The summed E-state index contributed by atoms with van der Waals surface area (Å²) in [6.07, 6.45) is 2.67. The number of benzene rings is 2. The Hall–Kier alpha value is -2.50. The van der Waals surface area contributed by atoms with Crippen LogP contribution in [0.15, 0.2) is 48.0 Å². The standard InChI is InChI=1S/C23H23Cl2NO4/c1-3-4-5-12-26-20(14-6-8-15(24)9-7-14)19(22(28)23(26)29)21(27)17-13-16(25)10-11-18(17)30-2/h6-11,13,20,27H,3-5,12H2,1-2H3/b21-19+. The van der Waals surface area contributed by atoms with Gasteiger partial charge < -0.3 is 14.7 Å². The van der Waals surface area contributed by atoms with Gasteiger partial charge in [-0.3, -0.25) is 9.59 Å². The van der Waals surface area contributed by atoms with E-state index in [9.17, 15) is 14.7 Å². The number of aliphatic hydroxyl groups is 1. The first-order valence-corrected chi connectivity index (χ1v) is 10.5. The van der Waals surface area contributed by atoms with Crippen molar-refractivity contribution in [1.82, 2.24) is 4.90 Å². The molecule has 0 aromatic heterocycles. The quantitative estimate of drug-likeness (QED) is 0.259. The molecule has 1 atom stereocenters. The number of methoxy groups -OCH3 is 1. The SMILES string of the molecule is CCCCCN1C(=O)C(=O)/C(=C(/O)c2cc(Cl)ccc2OC)C1c1ccc(Cl)cc1. The highest BCUT2D eigenvalue weighted by molar-refractivity contribution is 6.46. The number of nitrogens with zero attached hydrogens (tertiary/aromatic N) is 1. The summed E-state index contributed by atoms with van der Waals surface area (Å²) in [5.74, 6) is -1.32. The first-order valence-electron chi connectivity index (χ1n) is 9.76. The lowest BCUT2D eigenvalue weighted by molar-refractivity contribution is -0.139. The summed E-state index contributed by atoms with van der Waals surface area (Å²) in [4.78, 5) is 27.4. The van der Waals surface area contributed by atoms with Crippen LogP contribution in [-0.4, -0.2) is 35.4 Å². The van der Waals surface area contributed by atoms with Gasteiger partial charge in [-0.1, -0.05) is 55.1 Å². The fourth-order valence-corrected chi connectivity index (χ4v) is 3.94. The van der Waals surface area contributed by atoms with Crippen LogP contribution in [0, 0.1) is 0 Å². The zero-order valence-corrected chi connectivity index (χ0v) is 18.3. The Morgan fingerprint density at radius 3 is 2.37 bits per heavy atom. The van der Waals surface area contributed by atoms with Gasteiger partial charge in [-0.15, -0.1) is 0 Å². The maximum Gasteiger partial charge on any atom is 0.295 e. The van der Waals surface area contributed by atoms with E-state index in [0.717, 1.165) is 19.3 Å². The van der Waals surface area contributed by atoms with Gasteiger partial charge in [0, 0.05) is 16.6 Å². The van der Waals surface area contributed by atoms with Crippen molar-refractivity contribution in [2.45, 2.75) is 32.2 Å². The normalized spacial score (nSPS) is 18.1. The predicted octanol–water partition coefficient (Wildman–Crippen LogP) is 5.61. The van der Waals surface area contributed by atoms with Crippen molar-refractivity contribution in [1.29, 1.82) is 0 Å². The van der Waals surface area contributed by atoms with E-state index >= 15 is 0 Å². The number of carbonyl (C=O) groups is 2. The average molecular weight is 448 g/mol. The number of Topliss-reactive ketones (excluding diaryl/α,β-unsaturated/α-hetero) is 1. The van der Waals surface area contributed by atoms with E-state index in [1.165, 1.54) is 18.1 Å². The number of halogens is 2. The van der Waals surface area contributed by atoms with Gasteiger partial charge in [-0.05, 0) is 42.3 Å². The summed E-state index contributed by atoms with van der Waals surface area (Å²) in [6.45, 7) is 2.48. The maximum atomic E-state index is 13.0. The van der Waals surface area contributed by atoms with E-state index in [1.54, 1.807) is 36.4 Å². The van der Waals surface area contributed by atoms with E-state index in [-0.39, 0.29) is 16.9 Å². The molecule has 1 unspecified atom stereocenters. The third-order valence-electron chi connectivity index (χ3n) is 5.14. The van der Waals surface area contributed by atoms with Crippen LogP contribution in [0.2, 0.25) is 10.0 Å². The van der Waals surface area contributed by atoms with Crippen LogP contribution < -0.4 is 4.74 Å². The fourth-order valence-electron chi connectivity index (χ4n) is 3.64. The molecule has 1 amide bonds. The van der Waals surface area contributed by atoms with Gasteiger partial charge in [0.05, 0.1) is 24.3 Å². The summed E-state index contributed by atoms with van der Waals surface area (Å²) < 4.78 is 5.33. The number of unbranched alkanes of at least 4 members (excludes halogenated alkanes) is 2. The molecule has 1 N–H and O–H groups in total. The second-order valence-electron chi connectivity index (χ2n) is 7.10. The van der Waals surface area contributed by atoms with Crippen molar-refractivity contribution in [3.8, 4) is 5.75 Å². The van der Waals surface area contributed by atoms with Crippen LogP contribution in [0.25, 0.3) is 5.76 Å². The first kappa shape index (κ1) is 22.2. The number of carbonyl (C=O) groups excluding carboxylic acids is 2. The van der Waals surface area contributed by atoms with Gasteiger partial charge in [0.15, 0.2) is 0 Å². The van der Waals surface area contributed by atoms with Crippen LogP contribution >= 0.6 is 23.2 Å². The Bertz CT molecular complexity index is 985. The first-order chi connectivity index (χ1) is 14.4. The third kappa shape index (κ3) is 4.32. The number of rotatable bonds is 7. The van der Waals surface area contributed by atoms with Crippen molar-refractivity contribution in [2.24, 2.45) is 0 Å². The predicted molar refractivity (Wildman–Crippen MR) is 118 cm³/mol. The molecule has 1 heterocycles. The van der Waals surface area contributed by atoms with E-state index in [1.807, 2.05) is 0 Å². The minimum Gasteiger partial charge on any atom is -0.507 e. The Balaban J connectivity index is 2.18. The summed E-state index contributed by atoms with van der Waals surface area (Å²) >= 11 is 12.1. The van der Waals surface area contributed by atoms with Crippen LogP contribution in [-0.2, 0) is 9.59 Å². The van der Waals surface area contributed by atoms with E-state index in [2.05, 4.69) is 6.92 Å². The van der Waals surface area contributed by atoms with Gasteiger partial charge in [-0.2, -0.15) is 0 Å². The Morgan fingerprint density at radius 2 is 1.73 bits per heavy atom. The lowest BCUT2D eigenvalue weighted by Gasteiger charge is -2.25. The molecule has 0 saturated carbocycles. The molecule has 2 aromatic rings. The number of ether oxygens (including phenoxy) is 1. The zero-order chi connectivity index (χ0) is 21.8. The molecule has 0 spiro atoms. The second kappa shape index (κ2) is 9.54. The van der Waals surface area contributed by atoms with Crippen molar-refractivity contribution >= 4 is 40.7 Å². The van der Waals surface area contributed by atoms with Gasteiger partial charge >= 0.3 is 0 Å². The molecule has 1 aliphatic heterocycles. The van der Waals surface area contributed by atoms with Gasteiger partial charge in [-0.25, -0.2) is 0 Å². The van der Waals surface area contributed by atoms with Gasteiger partial charge in [0.25, 0.3) is 11.7 Å².